The van der Waals surface area contributed by atoms with E-state index in [-0.39, 0.29) is 0 Å². The maximum Gasteiger partial charge on any atom is 0.356 e. The molecule has 0 bridgehead atoms. The second-order valence-corrected chi connectivity index (χ2v) is 3.99. The van der Waals surface area contributed by atoms with Crippen LogP contribution in [0.25, 0.3) is 0 Å². The van der Waals surface area contributed by atoms with E-state index in [1.165, 1.54) is 11.8 Å². The predicted molar refractivity (Wildman–Crippen MR) is 61.0 cm³/mol. The molecule has 0 saturated heterocycles. The van der Waals surface area contributed by atoms with Gasteiger partial charge in [0.1, 0.15) is 6.34 Å². The van der Waals surface area contributed by atoms with Crippen molar-refractivity contribution < 1.29 is 9.53 Å². The summed E-state index contributed by atoms with van der Waals surface area (Å²) in [6, 6.07) is 1.65. The van der Waals surface area contributed by atoms with Crippen molar-refractivity contribution in [2.45, 2.75) is 0 Å². The fourth-order valence-electron chi connectivity index (χ4n) is 0.932. The van der Waals surface area contributed by atoms with E-state index in [2.05, 4.69) is 25.8 Å². The number of hydrogen-bond acceptors (Lipinski definition) is 3. The van der Waals surface area contributed by atoms with Gasteiger partial charge in [-0.1, -0.05) is 0 Å². The molecule has 0 N–H and O–H groups in total. The maximum absolute atomic E-state index is 11.3. The van der Waals surface area contributed by atoms with Crippen molar-refractivity contribution in [1.29, 1.82) is 0 Å². The first-order chi connectivity index (χ1) is 7.04. The predicted octanol–water partition coefficient (Wildman–Crippen LogP) is 1.39. The molecule has 0 unspecified atom stereocenters. The van der Waals surface area contributed by atoms with E-state index >= 15 is 0 Å². The third-order valence-electron chi connectivity index (χ3n) is 1.57. The number of ether oxygens (including phenoxy) is 1. The quantitative estimate of drug-likeness (QED) is 0.475. The molecular formula is C9H12BrN3O2. The van der Waals surface area contributed by atoms with Crippen LogP contribution < -0.4 is 0 Å². The summed E-state index contributed by atoms with van der Waals surface area (Å²) in [4.78, 5) is 13.1. The number of esters is 1. The first kappa shape index (κ1) is 11.8. The highest BCUT2D eigenvalue weighted by Gasteiger charge is 2.12. The number of hydrogen-bond donors (Lipinski definition) is 0. The molecule has 0 aliphatic heterocycles. The second-order valence-electron chi connectivity index (χ2n) is 3.07. The summed E-state index contributed by atoms with van der Waals surface area (Å²) < 4.78 is 6.86. The molecule has 5 nitrogen and oxygen atoms in total. The topological polar surface area (TPSA) is 46.8 Å². The minimum absolute atomic E-state index is 0.377. The van der Waals surface area contributed by atoms with Gasteiger partial charge in [-0.2, -0.15) is 5.10 Å². The normalized spacial score (nSPS) is 10.7. The monoisotopic (exact) mass is 273 g/mol. The molecule has 0 spiro atoms. The lowest BCUT2D eigenvalue weighted by Gasteiger charge is -2.04. The van der Waals surface area contributed by atoms with Crippen molar-refractivity contribution in [2.75, 3.05) is 21.2 Å². The molecule has 0 amide bonds. The maximum atomic E-state index is 11.3. The Morgan fingerprint density at radius 3 is 2.87 bits per heavy atom. The number of nitrogens with zero attached hydrogens (tertiary/aromatic N) is 3. The SMILES string of the molecule is COC(=O)c1cc(Br)cn1/N=C\N(C)C. The van der Waals surface area contributed by atoms with E-state index in [4.69, 9.17) is 0 Å². The number of methoxy groups -OCH3 is 1. The van der Waals surface area contributed by atoms with Crippen LogP contribution in [0.1, 0.15) is 10.5 Å². The Kier molecular flexibility index (Phi) is 3.90. The van der Waals surface area contributed by atoms with Crippen LogP contribution >= 0.6 is 15.9 Å². The molecule has 15 heavy (non-hydrogen) atoms. The van der Waals surface area contributed by atoms with E-state index in [0.717, 1.165) is 4.47 Å². The molecule has 1 rings (SSSR count). The third-order valence-corrected chi connectivity index (χ3v) is 2.00. The van der Waals surface area contributed by atoms with Crippen molar-refractivity contribution in [1.82, 2.24) is 9.58 Å². The van der Waals surface area contributed by atoms with Crippen LogP contribution in [0, 0.1) is 0 Å². The zero-order valence-electron chi connectivity index (χ0n) is 8.77. The van der Waals surface area contributed by atoms with E-state index in [0.29, 0.717) is 5.69 Å². The Balaban J connectivity index is 3.01. The molecule has 6 heteroatoms. The number of carbonyl (C=O) groups excluding carboxylic acids is 1. The lowest BCUT2D eigenvalue weighted by atomic mass is 10.4. The van der Waals surface area contributed by atoms with Gasteiger partial charge in [0.15, 0.2) is 5.69 Å². The van der Waals surface area contributed by atoms with Gasteiger partial charge in [0, 0.05) is 24.8 Å². The smallest absolute Gasteiger partial charge is 0.356 e. The molecule has 82 valence electrons. The van der Waals surface area contributed by atoms with Crippen molar-refractivity contribution in [3.8, 4) is 0 Å². The molecule has 0 aromatic carbocycles. The lowest BCUT2D eigenvalue weighted by Crippen LogP contribution is -2.11. The van der Waals surface area contributed by atoms with E-state index < -0.39 is 5.97 Å². The van der Waals surface area contributed by atoms with Crippen LogP contribution in [0.15, 0.2) is 21.8 Å². The zero-order chi connectivity index (χ0) is 11.4. The van der Waals surface area contributed by atoms with Crippen molar-refractivity contribution >= 4 is 28.2 Å². The Bertz CT molecular complexity index is 385. The van der Waals surface area contributed by atoms with E-state index in [9.17, 15) is 4.79 Å². The van der Waals surface area contributed by atoms with Crippen LogP contribution in [0.4, 0.5) is 0 Å². The van der Waals surface area contributed by atoms with Crippen LogP contribution in [0.2, 0.25) is 0 Å². The van der Waals surface area contributed by atoms with Crippen LogP contribution in [0.5, 0.6) is 0 Å². The summed E-state index contributed by atoms with van der Waals surface area (Å²) in [5.41, 5.74) is 0.377. The summed E-state index contributed by atoms with van der Waals surface area (Å²) in [5.74, 6) is -0.420. The Morgan fingerprint density at radius 2 is 2.33 bits per heavy atom. The first-order valence-electron chi connectivity index (χ1n) is 4.21. The Hall–Kier alpha value is -1.30. The van der Waals surface area contributed by atoms with Gasteiger partial charge >= 0.3 is 5.97 Å². The summed E-state index contributed by atoms with van der Waals surface area (Å²) in [6.07, 6.45) is 3.28. The number of carbonyl (C=O) groups is 1. The van der Waals surface area contributed by atoms with Crippen molar-refractivity contribution in [3.05, 3.63) is 22.4 Å². The first-order valence-corrected chi connectivity index (χ1v) is 5.01. The van der Waals surface area contributed by atoms with Gasteiger partial charge in [0.05, 0.1) is 7.11 Å². The summed E-state index contributed by atoms with van der Waals surface area (Å²) in [5, 5.41) is 4.08. The van der Waals surface area contributed by atoms with Crippen LogP contribution in [0.3, 0.4) is 0 Å². The fraction of sp³-hybridized carbons (Fsp3) is 0.333. The van der Waals surface area contributed by atoms with Gasteiger partial charge in [0.25, 0.3) is 0 Å². The zero-order valence-corrected chi connectivity index (χ0v) is 10.4. The van der Waals surface area contributed by atoms with Gasteiger partial charge in [-0.05, 0) is 22.0 Å². The van der Waals surface area contributed by atoms with Gasteiger partial charge in [-0.3, -0.25) is 0 Å². The standard InChI is InChI=1S/C9H12BrN3O2/c1-12(2)6-11-13-5-7(10)4-8(13)9(14)15-3/h4-6H,1-3H3/b11-6-. The van der Waals surface area contributed by atoms with Gasteiger partial charge in [0.2, 0.25) is 0 Å². The molecule has 0 fully saturated rings. The Labute approximate surface area is 96.4 Å². The molecule has 1 aromatic rings. The highest BCUT2D eigenvalue weighted by atomic mass is 79.9. The van der Waals surface area contributed by atoms with Gasteiger partial charge in [-0.25, -0.2) is 9.47 Å². The van der Waals surface area contributed by atoms with Crippen LogP contribution in [-0.4, -0.2) is 43.1 Å². The molecule has 0 aliphatic rings. The molecule has 0 aliphatic carbocycles. The average molecular weight is 274 g/mol. The number of aromatic nitrogens is 1. The van der Waals surface area contributed by atoms with Crippen LogP contribution in [-0.2, 0) is 4.74 Å². The van der Waals surface area contributed by atoms with Gasteiger partial charge < -0.3 is 9.64 Å². The average Bonchev–Trinajstić information content (AvgIpc) is 2.55. The summed E-state index contributed by atoms with van der Waals surface area (Å²) >= 11 is 3.27. The highest BCUT2D eigenvalue weighted by Crippen LogP contribution is 2.15. The number of rotatable bonds is 3. The fourth-order valence-corrected chi connectivity index (χ4v) is 1.34. The van der Waals surface area contributed by atoms with Gasteiger partial charge in [-0.15, -0.1) is 0 Å². The van der Waals surface area contributed by atoms with Crippen molar-refractivity contribution in [2.24, 2.45) is 5.10 Å². The minimum atomic E-state index is -0.420. The molecule has 1 heterocycles. The lowest BCUT2D eigenvalue weighted by molar-refractivity contribution is 0.0589. The molecule has 0 atom stereocenters. The number of halogens is 1. The third kappa shape index (κ3) is 3.09. The summed E-state index contributed by atoms with van der Waals surface area (Å²) in [6.45, 7) is 0. The van der Waals surface area contributed by atoms with Crippen molar-refractivity contribution in [3.63, 3.8) is 0 Å². The largest absolute Gasteiger partial charge is 0.464 e. The minimum Gasteiger partial charge on any atom is -0.464 e. The molecular weight excluding hydrogens is 262 g/mol. The molecule has 1 aromatic heterocycles. The van der Waals surface area contributed by atoms with E-state index in [1.807, 2.05) is 14.1 Å². The Morgan fingerprint density at radius 1 is 1.67 bits per heavy atom. The van der Waals surface area contributed by atoms with E-state index in [1.54, 1.807) is 23.5 Å². The highest BCUT2D eigenvalue weighted by molar-refractivity contribution is 9.10. The molecule has 0 radical (unpaired) electrons. The second kappa shape index (κ2) is 4.97. The molecule has 0 saturated carbocycles. The summed E-state index contributed by atoms with van der Waals surface area (Å²) in [7, 11) is 5.03.